The minimum atomic E-state index is -0.915. The molecule has 2 aromatic rings. The molecule has 10 nitrogen and oxygen atoms in total. The minimum Gasteiger partial charge on any atom is -0.489 e. The van der Waals surface area contributed by atoms with Gasteiger partial charge in [-0.2, -0.15) is 0 Å². The first kappa shape index (κ1) is 32.4. The number of amides is 4. The molecule has 1 aliphatic carbocycles. The molecule has 45 heavy (non-hydrogen) atoms. The van der Waals surface area contributed by atoms with Crippen LogP contribution in [0.5, 0.6) is 5.75 Å². The van der Waals surface area contributed by atoms with Gasteiger partial charge in [-0.05, 0) is 80.6 Å². The van der Waals surface area contributed by atoms with Crippen molar-refractivity contribution in [3.63, 3.8) is 0 Å². The van der Waals surface area contributed by atoms with Crippen LogP contribution in [0, 0.1) is 5.82 Å². The Morgan fingerprint density at radius 2 is 1.78 bits per heavy atom. The SMILES string of the molecule is CCN(C)C(=O)C1CN(C(=O)c2cc(F)cc(NC(C)=O)c2)CCN1C(=O)c1ccc(O[C@H]2CCNC2)c(C2CCCCC2)c1. The molecule has 0 aromatic heterocycles. The van der Waals surface area contributed by atoms with E-state index in [0.29, 0.717) is 18.0 Å². The molecule has 3 fully saturated rings. The number of nitrogens with zero attached hydrogens (tertiary/aromatic N) is 3. The summed E-state index contributed by atoms with van der Waals surface area (Å²) in [6, 6.07) is 8.39. The Hall–Kier alpha value is -3.99. The number of hydrogen-bond acceptors (Lipinski definition) is 6. The lowest BCUT2D eigenvalue weighted by Gasteiger charge is -2.42. The van der Waals surface area contributed by atoms with Crippen LogP contribution >= 0.6 is 0 Å². The fraction of sp³-hybridized carbons (Fsp3) is 0.529. The molecule has 2 aromatic carbocycles. The van der Waals surface area contributed by atoms with Crippen molar-refractivity contribution in [3.8, 4) is 5.75 Å². The van der Waals surface area contributed by atoms with Gasteiger partial charge in [0.25, 0.3) is 11.8 Å². The van der Waals surface area contributed by atoms with Crippen molar-refractivity contribution in [1.29, 1.82) is 0 Å². The van der Waals surface area contributed by atoms with E-state index >= 15 is 0 Å². The van der Waals surface area contributed by atoms with E-state index in [1.807, 2.05) is 19.1 Å². The maximum Gasteiger partial charge on any atom is 0.254 e. The van der Waals surface area contributed by atoms with Crippen molar-refractivity contribution < 1.29 is 28.3 Å². The molecule has 2 aliphatic heterocycles. The number of carbonyl (C=O) groups excluding carboxylic acids is 4. The predicted molar refractivity (Wildman–Crippen MR) is 169 cm³/mol. The molecular formula is C34H44FN5O5. The number of hydrogen-bond donors (Lipinski definition) is 2. The second-order valence-corrected chi connectivity index (χ2v) is 12.3. The van der Waals surface area contributed by atoms with Crippen LogP contribution < -0.4 is 15.4 Å². The van der Waals surface area contributed by atoms with E-state index in [-0.39, 0.29) is 54.7 Å². The summed E-state index contributed by atoms with van der Waals surface area (Å²) in [5, 5.41) is 5.85. The van der Waals surface area contributed by atoms with Crippen molar-refractivity contribution in [3.05, 3.63) is 58.9 Å². The topological polar surface area (TPSA) is 111 Å². The van der Waals surface area contributed by atoms with Crippen molar-refractivity contribution in [2.45, 2.75) is 70.4 Å². The molecule has 1 unspecified atom stereocenters. The lowest BCUT2D eigenvalue weighted by atomic mass is 9.83. The number of benzene rings is 2. The summed E-state index contributed by atoms with van der Waals surface area (Å²) in [5.41, 5.74) is 1.77. The molecule has 2 N–H and O–H groups in total. The van der Waals surface area contributed by atoms with E-state index in [1.165, 1.54) is 29.2 Å². The highest BCUT2D eigenvalue weighted by Crippen LogP contribution is 2.39. The monoisotopic (exact) mass is 621 g/mol. The van der Waals surface area contributed by atoms with Crippen LogP contribution in [-0.2, 0) is 9.59 Å². The van der Waals surface area contributed by atoms with E-state index in [0.717, 1.165) is 68.6 Å². The Bertz CT molecular complexity index is 1420. The standard InChI is InChI=1S/C34H44FN5O5/c1-4-38(3)34(44)30-21-39(32(42)25-16-26(35)19-27(17-25)37-22(2)41)14-15-40(30)33(43)24-10-11-31(45-28-12-13-36-20-28)29(18-24)23-8-6-5-7-9-23/h10-11,16-19,23,28,30,36H,4-9,12-15,20-21H2,1-3H3,(H,37,41)/t28-,30?/m0/s1. The Kier molecular flexibility index (Phi) is 10.4. The summed E-state index contributed by atoms with van der Waals surface area (Å²) in [5.74, 6) is -0.939. The summed E-state index contributed by atoms with van der Waals surface area (Å²) in [7, 11) is 1.67. The molecule has 5 rings (SSSR count). The number of rotatable bonds is 8. The molecule has 1 saturated carbocycles. The molecular weight excluding hydrogens is 577 g/mol. The average Bonchev–Trinajstić information content (AvgIpc) is 3.56. The third kappa shape index (κ3) is 7.64. The molecule has 242 valence electrons. The van der Waals surface area contributed by atoms with Gasteiger partial charge in [-0.15, -0.1) is 0 Å². The maximum absolute atomic E-state index is 14.4. The number of halogens is 1. The molecule has 11 heteroatoms. The zero-order valence-corrected chi connectivity index (χ0v) is 26.4. The predicted octanol–water partition coefficient (Wildman–Crippen LogP) is 4.02. The van der Waals surface area contributed by atoms with Crippen molar-refractivity contribution in [2.24, 2.45) is 0 Å². The zero-order valence-electron chi connectivity index (χ0n) is 26.4. The third-order valence-electron chi connectivity index (χ3n) is 9.14. The second-order valence-electron chi connectivity index (χ2n) is 12.3. The van der Waals surface area contributed by atoms with Gasteiger partial charge in [0.1, 0.15) is 23.7 Å². The second kappa shape index (κ2) is 14.4. The van der Waals surface area contributed by atoms with E-state index in [1.54, 1.807) is 18.0 Å². The van der Waals surface area contributed by atoms with Gasteiger partial charge in [0.05, 0.1) is 6.54 Å². The third-order valence-corrected chi connectivity index (χ3v) is 9.14. The van der Waals surface area contributed by atoms with Gasteiger partial charge in [-0.3, -0.25) is 19.2 Å². The van der Waals surface area contributed by atoms with Gasteiger partial charge < -0.3 is 30.1 Å². The van der Waals surface area contributed by atoms with E-state index < -0.39 is 17.8 Å². The number of likely N-dealkylation sites (N-methyl/N-ethyl adjacent to an activating group) is 1. The van der Waals surface area contributed by atoms with Gasteiger partial charge in [0, 0.05) is 57.0 Å². The van der Waals surface area contributed by atoms with Crippen LogP contribution in [0.1, 0.15) is 84.6 Å². The molecule has 2 heterocycles. The summed E-state index contributed by atoms with van der Waals surface area (Å²) in [4.78, 5) is 57.4. The van der Waals surface area contributed by atoms with Crippen LogP contribution in [-0.4, -0.2) is 96.8 Å². The smallest absolute Gasteiger partial charge is 0.254 e. The minimum absolute atomic E-state index is 0.0366. The summed E-state index contributed by atoms with van der Waals surface area (Å²) >= 11 is 0. The Morgan fingerprint density at radius 3 is 2.47 bits per heavy atom. The number of carbonyl (C=O) groups is 4. The Labute approximate surface area is 264 Å². The zero-order chi connectivity index (χ0) is 32.1. The van der Waals surface area contributed by atoms with E-state index in [2.05, 4.69) is 10.6 Å². The van der Waals surface area contributed by atoms with Gasteiger partial charge in [-0.25, -0.2) is 4.39 Å². The molecule has 0 spiro atoms. The number of piperazine rings is 1. The number of anilines is 1. The largest absolute Gasteiger partial charge is 0.489 e. The fourth-order valence-electron chi connectivity index (χ4n) is 6.60. The van der Waals surface area contributed by atoms with Crippen LogP contribution in [0.3, 0.4) is 0 Å². The fourth-order valence-corrected chi connectivity index (χ4v) is 6.60. The molecule has 2 saturated heterocycles. The molecule has 0 radical (unpaired) electrons. The van der Waals surface area contributed by atoms with Crippen LogP contribution in [0.25, 0.3) is 0 Å². The van der Waals surface area contributed by atoms with Crippen LogP contribution in [0.4, 0.5) is 10.1 Å². The molecule has 0 bridgehead atoms. The van der Waals surface area contributed by atoms with Gasteiger partial charge in [0.15, 0.2) is 0 Å². The number of nitrogens with one attached hydrogen (secondary N) is 2. The highest BCUT2D eigenvalue weighted by molar-refractivity contribution is 6.00. The van der Waals surface area contributed by atoms with E-state index in [9.17, 15) is 23.6 Å². The van der Waals surface area contributed by atoms with Crippen LogP contribution in [0.15, 0.2) is 36.4 Å². The summed E-state index contributed by atoms with van der Waals surface area (Å²) < 4.78 is 20.8. The van der Waals surface area contributed by atoms with Crippen molar-refractivity contribution >= 4 is 29.3 Å². The normalized spacial score (nSPS) is 20.5. The first-order valence-corrected chi connectivity index (χ1v) is 16.1. The highest BCUT2D eigenvalue weighted by Gasteiger charge is 2.39. The Balaban J connectivity index is 1.41. The van der Waals surface area contributed by atoms with Gasteiger partial charge in [-0.1, -0.05) is 19.3 Å². The first-order chi connectivity index (χ1) is 21.6. The highest BCUT2D eigenvalue weighted by atomic mass is 19.1. The van der Waals surface area contributed by atoms with Crippen molar-refractivity contribution in [2.75, 3.05) is 51.6 Å². The maximum atomic E-state index is 14.4. The van der Waals surface area contributed by atoms with Crippen LogP contribution in [0.2, 0.25) is 0 Å². The summed E-state index contributed by atoms with van der Waals surface area (Å²) in [6.07, 6.45) is 6.61. The summed E-state index contributed by atoms with van der Waals surface area (Å²) in [6.45, 7) is 5.57. The molecule has 4 amide bonds. The first-order valence-electron chi connectivity index (χ1n) is 16.1. The molecule has 3 aliphatic rings. The van der Waals surface area contributed by atoms with Gasteiger partial charge in [0.2, 0.25) is 11.8 Å². The quantitative estimate of drug-likeness (QED) is 0.461. The van der Waals surface area contributed by atoms with Gasteiger partial charge >= 0.3 is 0 Å². The Morgan fingerprint density at radius 1 is 1.00 bits per heavy atom. The number of ether oxygens (including phenoxy) is 1. The average molecular weight is 622 g/mol. The van der Waals surface area contributed by atoms with E-state index in [4.69, 9.17) is 4.74 Å². The van der Waals surface area contributed by atoms with Crippen molar-refractivity contribution in [1.82, 2.24) is 20.0 Å². The molecule has 2 atom stereocenters. The lowest BCUT2D eigenvalue weighted by Crippen LogP contribution is -2.61. The lowest BCUT2D eigenvalue weighted by molar-refractivity contribution is -0.136.